The lowest BCUT2D eigenvalue weighted by Gasteiger charge is -2.12. The molecule has 1 atom stereocenters. The molecule has 0 radical (unpaired) electrons. The van der Waals surface area contributed by atoms with E-state index in [1.165, 1.54) is 10.7 Å². The smallest absolute Gasteiger partial charge is 0.269 e. The minimum atomic E-state index is -0.577. The van der Waals surface area contributed by atoms with Crippen LogP contribution in [0.2, 0.25) is 0 Å². The number of aromatic nitrogens is 4. The standard InChI is InChI=1S/C19H18N6O2/c20-17(26)16-15(10-3-4-10)24-18-13(5-7-22-25(16)18)19(27)23-12-8-11-2-1-6-21-14(11)9-12/h1-2,5-7,10,12H,3-4,8-9H2,(H2,20,26)(H,23,27). The van der Waals surface area contributed by atoms with Crippen LogP contribution in [0.15, 0.2) is 30.6 Å². The summed E-state index contributed by atoms with van der Waals surface area (Å²) in [5.74, 6) is -0.587. The topological polar surface area (TPSA) is 115 Å². The number of nitrogens with two attached hydrogens (primary N) is 1. The summed E-state index contributed by atoms with van der Waals surface area (Å²) in [7, 11) is 0. The van der Waals surface area contributed by atoms with Gasteiger partial charge in [-0.2, -0.15) is 5.10 Å². The van der Waals surface area contributed by atoms with Crippen molar-refractivity contribution in [3.63, 3.8) is 0 Å². The van der Waals surface area contributed by atoms with Crippen LogP contribution in [0.4, 0.5) is 0 Å². The van der Waals surface area contributed by atoms with Gasteiger partial charge in [0, 0.05) is 36.5 Å². The highest BCUT2D eigenvalue weighted by atomic mass is 16.2. The van der Waals surface area contributed by atoms with Crippen molar-refractivity contribution in [2.24, 2.45) is 5.73 Å². The van der Waals surface area contributed by atoms with Crippen molar-refractivity contribution in [2.45, 2.75) is 37.6 Å². The number of rotatable bonds is 4. The van der Waals surface area contributed by atoms with Gasteiger partial charge in [0.15, 0.2) is 11.3 Å². The molecule has 0 aromatic carbocycles. The predicted octanol–water partition coefficient (Wildman–Crippen LogP) is 0.998. The van der Waals surface area contributed by atoms with Crippen molar-refractivity contribution in [1.82, 2.24) is 24.9 Å². The van der Waals surface area contributed by atoms with E-state index < -0.39 is 5.91 Å². The summed E-state index contributed by atoms with van der Waals surface area (Å²) < 4.78 is 1.40. The molecule has 0 spiro atoms. The molecule has 3 heterocycles. The van der Waals surface area contributed by atoms with Crippen LogP contribution in [0, 0.1) is 0 Å². The number of pyridine rings is 1. The number of primary amides is 1. The Balaban J connectivity index is 1.47. The molecule has 136 valence electrons. The first-order valence-corrected chi connectivity index (χ1v) is 9.03. The van der Waals surface area contributed by atoms with Gasteiger partial charge in [-0.1, -0.05) is 6.07 Å². The molecule has 5 rings (SSSR count). The van der Waals surface area contributed by atoms with Crippen LogP contribution in [0.5, 0.6) is 0 Å². The second-order valence-corrected chi connectivity index (χ2v) is 7.15. The van der Waals surface area contributed by atoms with Crippen LogP contribution in [0.1, 0.15) is 56.6 Å². The Kier molecular flexibility index (Phi) is 3.46. The third-order valence-electron chi connectivity index (χ3n) is 5.21. The molecule has 1 unspecified atom stereocenters. The number of imidazole rings is 1. The van der Waals surface area contributed by atoms with Gasteiger partial charge in [-0.05, 0) is 37.0 Å². The van der Waals surface area contributed by atoms with E-state index in [1.54, 1.807) is 12.3 Å². The molecule has 0 aliphatic heterocycles. The van der Waals surface area contributed by atoms with Crippen LogP contribution in [0.3, 0.4) is 0 Å². The highest BCUT2D eigenvalue weighted by molar-refractivity contribution is 6.01. The third kappa shape index (κ3) is 2.64. The molecule has 8 heteroatoms. The van der Waals surface area contributed by atoms with E-state index in [9.17, 15) is 9.59 Å². The van der Waals surface area contributed by atoms with Gasteiger partial charge in [-0.3, -0.25) is 14.6 Å². The van der Waals surface area contributed by atoms with Gasteiger partial charge in [0.25, 0.3) is 11.8 Å². The molecule has 0 saturated heterocycles. The fourth-order valence-electron chi connectivity index (χ4n) is 3.79. The first-order chi connectivity index (χ1) is 13.1. The number of fused-ring (bicyclic) bond motifs is 2. The lowest BCUT2D eigenvalue weighted by molar-refractivity contribution is 0.0937. The molecule has 2 aliphatic rings. The maximum Gasteiger partial charge on any atom is 0.269 e. The Morgan fingerprint density at radius 2 is 2.04 bits per heavy atom. The molecule has 2 aliphatic carbocycles. The number of carbonyl (C=O) groups excluding carboxylic acids is 2. The number of hydrogen-bond donors (Lipinski definition) is 2. The highest BCUT2D eigenvalue weighted by Gasteiger charge is 2.33. The maximum atomic E-state index is 12.9. The van der Waals surface area contributed by atoms with Crippen molar-refractivity contribution in [1.29, 1.82) is 0 Å². The number of nitrogens with zero attached hydrogens (tertiary/aromatic N) is 4. The Hall–Kier alpha value is -3.29. The van der Waals surface area contributed by atoms with Crippen molar-refractivity contribution in [3.8, 4) is 0 Å². The lowest BCUT2D eigenvalue weighted by Crippen LogP contribution is -2.35. The third-order valence-corrected chi connectivity index (χ3v) is 5.21. The predicted molar refractivity (Wildman–Crippen MR) is 96.4 cm³/mol. The molecule has 3 aromatic rings. The molecule has 1 saturated carbocycles. The Bertz CT molecular complexity index is 1060. The second-order valence-electron chi connectivity index (χ2n) is 7.15. The zero-order chi connectivity index (χ0) is 18.5. The Morgan fingerprint density at radius 3 is 2.78 bits per heavy atom. The highest BCUT2D eigenvalue weighted by Crippen LogP contribution is 2.41. The van der Waals surface area contributed by atoms with E-state index in [0.717, 1.165) is 30.5 Å². The van der Waals surface area contributed by atoms with E-state index in [0.29, 0.717) is 23.3 Å². The van der Waals surface area contributed by atoms with Gasteiger partial charge in [-0.15, -0.1) is 0 Å². The number of nitrogens with one attached hydrogen (secondary N) is 1. The van der Waals surface area contributed by atoms with Crippen molar-refractivity contribution >= 4 is 17.5 Å². The maximum absolute atomic E-state index is 12.9. The fourth-order valence-corrected chi connectivity index (χ4v) is 3.79. The molecule has 3 N–H and O–H groups in total. The summed E-state index contributed by atoms with van der Waals surface area (Å²) >= 11 is 0. The summed E-state index contributed by atoms with van der Waals surface area (Å²) in [5, 5.41) is 7.26. The van der Waals surface area contributed by atoms with Crippen LogP contribution in [-0.2, 0) is 12.8 Å². The summed E-state index contributed by atoms with van der Waals surface area (Å²) in [5.41, 5.74) is 9.43. The number of carbonyl (C=O) groups is 2. The normalized spacial score (nSPS) is 18.4. The van der Waals surface area contributed by atoms with E-state index >= 15 is 0 Å². The number of amides is 2. The molecular formula is C19H18N6O2. The Labute approximate surface area is 154 Å². The first kappa shape index (κ1) is 15.9. The van der Waals surface area contributed by atoms with E-state index in [4.69, 9.17) is 5.73 Å². The molecule has 1 fully saturated rings. The van der Waals surface area contributed by atoms with Gasteiger partial charge in [0.05, 0.1) is 11.3 Å². The van der Waals surface area contributed by atoms with Gasteiger partial charge >= 0.3 is 0 Å². The van der Waals surface area contributed by atoms with E-state index in [1.807, 2.05) is 12.1 Å². The summed E-state index contributed by atoms with van der Waals surface area (Å²) in [6.45, 7) is 0. The summed E-state index contributed by atoms with van der Waals surface area (Å²) in [4.78, 5) is 33.8. The van der Waals surface area contributed by atoms with Crippen LogP contribution in [0.25, 0.3) is 5.65 Å². The van der Waals surface area contributed by atoms with Crippen LogP contribution >= 0.6 is 0 Å². The van der Waals surface area contributed by atoms with Crippen molar-refractivity contribution in [3.05, 3.63) is 58.8 Å². The van der Waals surface area contributed by atoms with Crippen LogP contribution < -0.4 is 11.1 Å². The van der Waals surface area contributed by atoms with Crippen LogP contribution in [-0.4, -0.2) is 37.4 Å². The molecule has 3 aromatic heterocycles. The SMILES string of the molecule is NC(=O)c1c(C2CC2)nc2c(C(=O)NC3Cc4cccnc4C3)ccnn12. The molecule has 27 heavy (non-hydrogen) atoms. The van der Waals surface area contributed by atoms with Gasteiger partial charge in [0.1, 0.15) is 0 Å². The Morgan fingerprint density at radius 1 is 1.19 bits per heavy atom. The minimum Gasteiger partial charge on any atom is -0.364 e. The number of hydrogen-bond acceptors (Lipinski definition) is 5. The van der Waals surface area contributed by atoms with Crippen molar-refractivity contribution < 1.29 is 9.59 Å². The van der Waals surface area contributed by atoms with E-state index in [-0.39, 0.29) is 23.6 Å². The molecule has 2 amide bonds. The lowest BCUT2D eigenvalue weighted by atomic mass is 10.2. The van der Waals surface area contributed by atoms with Gasteiger partial charge in [0.2, 0.25) is 0 Å². The molecule has 0 bridgehead atoms. The zero-order valence-corrected chi connectivity index (χ0v) is 14.6. The van der Waals surface area contributed by atoms with Gasteiger partial charge < -0.3 is 11.1 Å². The zero-order valence-electron chi connectivity index (χ0n) is 14.6. The second kappa shape index (κ2) is 5.87. The average Bonchev–Trinajstić information content (AvgIpc) is 3.29. The summed E-state index contributed by atoms with van der Waals surface area (Å²) in [6.07, 6.45) is 6.67. The fraction of sp³-hybridized carbons (Fsp3) is 0.316. The molecule has 8 nitrogen and oxygen atoms in total. The summed E-state index contributed by atoms with van der Waals surface area (Å²) in [6, 6.07) is 5.56. The minimum absolute atomic E-state index is 0.0101. The largest absolute Gasteiger partial charge is 0.364 e. The first-order valence-electron chi connectivity index (χ1n) is 9.03. The average molecular weight is 362 g/mol. The quantitative estimate of drug-likeness (QED) is 0.718. The molecular weight excluding hydrogens is 344 g/mol. The monoisotopic (exact) mass is 362 g/mol. The van der Waals surface area contributed by atoms with E-state index in [2.05, 4.69) is 20.4 Å². The van der Waals surface area contributed by atoms with Gasteiger partial charge in [-0.25, -0.2) is 9.50 Å². The van der Waals surface area contributed by atoms with Crippen molar-refractivity contribution in [2.75, 3.05) is 0 Å².